The van der Waals surface area contributed by atoms with E-state index in [1.807, 2.05) is 4.90 Å². The van der Waals surface area contributed by atoms with Gasteiger partial charge in [0, 0.05) is 33.2 Å². The molecule has 0 aromatic heterocycles. The molecule has 1 N–H and O–H groups in total. The van der Waals surface area contributed by atoms with Crippen LogP contribution in [0.1, 0.15) is 35.0 Å². The summed E-state index contributed by atoms with van der Waals surface area (Å²) < 4.78 is 15.3. The molecule has 0 aliphatic carbocycles. The molecule has 2 rings (SSSR count). The van der Waals surface area contributed by atoms with Crippen LogP contribution in [0.4, 0.5) is 0 Å². The summed E-state index contributed by atoms with van der Waals surface area (Å²) in [6.07, 6.45) is 0.952. The van der Waals surface area contributed by atoms with Crippen LogP contribution in [0.15, 0.2) is 24.3 Å². The number of esters is 1. The number of methoxy groups -OCH3 is 3. The minimum absolute atomic E-state index is 0.186. The molecule has 1 saturated heterocycles. The highest BCUT2D eigenvalue weighted by molar-refractivity contribution is 5.89. The molecule has 6 nitrogen and oxygen atoms in total. The lowest BCUT2D eigenvalue weighted by molar-refractivity contribution is -0.153. The number of hydrogen-bond acceptors (Lipinski definition) is 6. The van der Waals surface area contributed by atoms with E-state index < -0.39 is 6.23 Å². The van der Waals surface area contributed by atoms with Gasteiger partial charge in [0.25, 0.3) is 0 Å². The zero-order valence-electron chi connectivity index (χ0n) is 13.9. The molecule has 128 valence electrons. The lowest BCUT2D eigenvalue weighted by Gasteiger charge is -2.37. The van der Waals surface area contributed by atoms with Crippen molar-refractivity contribution in [3.05, 3.63) is 35.4 Å². The Hall–Kier alpha value is -1.47. The molecule has 1 aliphatic rings. The molecule has 23 heavy (non-hydrogen) atoms. The van der Waals surface area contributed by atoms with E-state index in [2.05, 4.69) is 4.74 Å². The summed E-state index contributed by atoms with van der Waals surface area (Å²) >= 11 is 0. The van der Waals surface area contributed by atoms with Crippen LogP contribution in [0.2, 0.25) is 0 Å². The standard InChI is InChI=1S/C17H25NO5/c1-21-16(20)13-6-4-12(5-7-13)15(19)18-10-8-14(9-11-18)17(22-2)23-3/h4-7,14-15,17,19H,8-11H2,1-3H3. The summed E-state index contributed by atoms with van der Waals surface area (Å²) in [6, 6.07) is 6.86. The molecule has 1 heterocycles. The van der Waals surface area contributed by atoms with Gasteiger partial charge in [-0.3, -0.25) is 4.90 Å². The average molecular weight is 323 g/mol. The van der Waals surface area contributed by atoms with Gasteiger partial charge in [-0.05, 0) is 30.5 Å². The van der Waals surface area contributed by atoms with E-state index in [4.69, 9.17) is 9.47 Å². The van der Waals surface area contributed by atoms with Crippen LogP contribution in [-0.2, 0) is 14.2 Å². The first-order valence-electron chi connectivity index (χ1n) is 7.76. The third kappa shape index (κ3) is 4.29. The third-order valence-corrected chi connectivity index (χ3v) is 4.40. The predicted octanol–water partition coefficient (Wildman–Crippen LogP) is 1.79. The molecule has 1 unspecified atom stereocenters. The Bertz CT molecular complexity index is 492. The highest BCUT2D eigenvalue weighted by Gasteiger charge is 2.29. The van der Waals surface area contributed by atoms with Crippen LogP contribution in [0, 0.1) is 5.92 Å². The topological polar surface area (TPSA) is 68.2 Å². The number of carbonyl (C=O) groups is 1. The second-order valence-electron chi connectivity index (χ2n) is 5.70. The summed E-state index contributed by atoms with van der Waals surface area (Å²) in [5.41, 5.74) is 1.25. The largest absolute Gasteiger partial charge is 0.465 e. The van der Waals surface area contributed by atoms with Gasteiger partial charge in [0.1, 0.15) is 6.23 Å². The molecule has 0 radical (unpaired) electrons. The minimum atomic E-state index is -0.675. The number of rotatable bonds is 6. The quantitative estimate of drug-likeness (QED) is 0.636. The van der Waals surface area contributed by atoms with Gasteiger partial charge in [0.05, 0.1) is 12.7 Å². The fourth-order valence-electron chi connectivity index (χ4n) is 3.04. The SMILES string of the molecule is COC(=O)c1ccc(C(O)N2CCC(C(OC)OC)CC2)cc1. The monoisotopic (exact) mass is 323 g/mol. The first kappa shape index (κ1) is 17.9. The van der Waals surface area contributed by atoms with Gasteiger partial charge in [-0.15, -0.1) is 0 Å². The molecule has 0 spiro atoms. The highest BCUT2D eigenvalue weighted by atomic mass is 16.7. The van der Waals surface area contributed by atoms with Crippen LogP contribution >= 0.6 is 0 Å². The van der Waals surface area contributed by atoms with Gasteiger partial charge in [0.15, 0.2) is 6.29 Å². The van der Waals surface area contributed by atoms with E-state index in [1.165, 1.54) is 7.11 Å². The Balaban J connectivity index is 1.94. The van der Waals surface area contributed by atoms with Crippen molar-refractivity contribution in [2.75, 3.05) is 34.4 Å². The fourth-order valence-corrected chi connectivity index (χ4v) is 3.04. The number of piperidine rings is 1. The van der Waals surface area contributed by atoms with Gasteiger partial charge in [-0.1, -0.05) is 12.1 Å². The second-order valence-corrected chi connectivity index (χ2v) is 5.70. The maximum atomic E-state index is 11.4. The number of ether oxygens (including phenoxy) is 3. The number of carbonyl (C=O) groups excluding carboxylic acids is 1. The molecule has 1 aromatic carbocycles. The molecule has 0 saturated carbocycles. The number of aliphatic hydroxyl groups is 1. The van der Waals surface area contributed by atoms with Crippen molar-refractivity contribution in [2.45, 2.75) is 25.4 Å². The summed E-state index contributed by atoms with van der Waals surface area (Å²) in [7, 11) is 4.65. The number of benzene rings is 1. The number of nitrogens with zero attached hydrogens (tertiary/aromatic N) is 1. The van der Waals surface area contributed by atoms with Gasteiger partial charge in [-0.2, -0.15) is 0 Å². The van der Waals surface area contributed by atoms with Gasteiger partial charge in [0.2, 0.25) is 0 Å². The van der Waals surface area contributed by atoms with Crippen molar-refractivity contribution in [1.82, 2.24) is 4.90 Å². The van der Waals surface area contributed by atoms with Gasteiger partial charge >= 0.3 is 5.97 Å². The fraction of sp³-hybridized carbons (Fsp3) is 0.588. The maximum absolute atomic E-state index is 11.4. The lowest BCUT2D eigenvalue weighted by Crippen LogP contribution is -2.40. The van der Waals surface area contributed by atoms with Crippen LogP contribution in [0.5, 0.6) is 0 Å². The van der Waals surface area contributed by atoms with Crippen LogP contribution < -0.4 is 0 Å². The van der Waals surface area contributed by atoms with E-state index in [0.717, 1.165) is 31.5 Å². The number of aliphatic hydroxyl groups excluding tert-OH is 1. The maximum Gasteiger partial charge on any atom is 0.337 e. The van der Waals surface area contributed by atoms with E-state index in [-0.39, 0.29) is 12.3 Å². The van der Waals surface area contributed by atoms with Crippen molar-refractivity contribution < 1.29 is 24.1 Å². The number of likely N-dealkylation sites (tertiary alicyclic amines) is 1. The van der Waals surface area contributed by atoms with Gasteiger partial charge in [-0.25, -0.2) is 4.79 Å². The first-order chi connectivity index (χ1) is 11.1. The first-order valence-corrected chi connectivity index (χ1v) is 7.76. The van der Waals surface area contributed by atoms with E-state index in [9.17, 15) is 9.90 Å². The third-order valence-electron chi connectivity index (χ3n) is 4.40. The van der Waals surface area contributed by atoms with Crippen molar-refractivity contribution in [3.8, 4) is 0 Å². The predicted molar refractivity (Wildman–Crippen MR) is 84.8 cm³/mol. The van der Waals surface area contributed by atoms with Crippen molar-refractivity contribution in [3.63, 3.8) is 0 Å². The molecule has 1 aromatic rings. The molecular formula is C17H25NO5. The van der Waals surface area contributed by atoms with Crippen LogP contribution in [-0.4, -0.2) is 56.7 Å². The molecule has 1 atom stereocenters. The molecule has 1 aliphatic heterocycles. The average Bonchev–Trinajstić information content (AvgIpc) is 2.62. The summed E-state index contributed by atoms with van der Waals surface area (Å²) in [6.45, 7) is 1.54. The lowest BCUT2D eigenvalue weighted by atomic mass is 9.95. The highest BCUT2D eigenvalue weighted by Crippen LogP contribution is 2.28. The zero-order chi connectivity index (χ0) is 16.8. The van der Waals surface area contributed by atoms with E-state index in [1.54, 1.807) is 38.5 Å². The Kier molecular flexibility index (Phi) is 6.53. The molecule has 1 fully saturated rings. The Morgan fingerprint density at radius 2 is 1.70 bits per heavy atom. The summed E-state index contributed by atoms with van der Waals surface area (Å²) in [5, 5.41) is 10.5. The van der Waals surface area contributed by atoms with Crippen molar-refractivity contribution in [1.29, 1.82) is 0 Å². The van der Waals surface area contributed by atoms with E-state index in [0.29, 0.717) is 11.5 Å². The van der Waals surface area contributed by atoms with Gasteiger partial charge < -0.3 is 19.3 Å². The normalized spacial score (nSPS) is 18.1. The Morgan fingerprint density at radius 1 is 1.13 bits per heavy atom. The van der Waals surface area contributed by atoms with E-state index >= 15 is 0 Å². The van der Waals surface area contributed by atoms with Crippen molar-refractivity contribution >= 4 is 5.97 Å². The molecule has 0 bridgehead atoms. The molecular weight excluding hydrogens is 298 g/mol. The molecule has 6 heteroatoms. The Morgan fingerprint density at radius 3 is 2.17 bits per heavy atom. The Labute approximate surface area is 136 Å². The smallest absolute Gasteiger partial charge is 0.337 e. The minimum Gasteiger partial charge on any atom is -0.465 e. The second kappa shape index (κ2) is 8.40. The zero-order valence-corrected chi connectivity index (χ0v) is 13.9. The van der Waals surface area contributed by atoms with Crippen molar-refractivity contribution in [2.24, 2.45) is 5.92 Å². The summed E-state index contributed by atoms with van der Waals surface area (Å²) in [5.74, 6) is -0.0350. The van der Waals surface area contributed by atoms with Crippen LogP contribution in [0.25, 0.3) is 0 Å². The summed E-state index contributed by atoms with van der Waals surface area (Å²) in [4.78, 5) is 13.5. The molecule has 0 amide bonds. The number of hydrogen-bond donors (Lipinski definition) is 1. The van der Waals surface area contributed by atoms with Crippen LogP contribution in [0.3, 0.4) is 0 Å².